The molecule has 11 nitrogen and oxygen atoms in total. The number of hydrogen-bond acceptors (Lipinski definition) is 10. The van der Waals surface area contributed by atoms with Crippen LogP contribution in [0.3, 0.4) is 0 Å². The highest BCUT2D eigenvalue weighted by molar-refractivity contribution is 5.81. The van der Waals surface area contributed by atoms with E-state index in [1.807, 2.05) is 25.3 Å². The van der Waals surface area contributed by atoms with Crippen LogP contribution in [-0.4, -0.2) is 80.7 Å². The lowest BCUT2D eigenvalue weighted by Crippen LogP contribution is -2.53. The molecule has 0 spiro atoms. The van der Waals surface area contributed by atoms with Gasteiger partial charge in [-0.05, 0) is 59.8 Å². The molecule has 2 fully saturated rings. The third kappa shape index (κ3) is 5.64. The number of hydrogen-bond donors (Lipinski definition) is 1. The monoisotopic (exact) mass is 504 g/mol. The van der Waals surface area contributed by atoms with E-state index in [1.165, 1.54) is 6.33 Å². The molecule has 3 heterocycles. The molecule has 0 radical (unpaired) electrons. The number of methoxy groups -OCH3 is 1. The predicted octanol–water partition coefficient (Wildman–Crippen LogP) is 2.91. The summed E-state index contributed by atoms with van der Waals surface area (Å²) in [5.41, 5.74) is 7.13. The van der Waals surface area contributed by atoms with Gasteiger partial charge in [0.15, 0.2) is 23.5 Å². The Labute approximate surface area is 212 Å². The number of nitrogens with two attached hydrogens (primary N) is 1. The number of carbonyl (C=O) groups excluding carboxylic acids is 1. The summed E-state index contributed by atoms with van der Waals surface area (Å²) < 4.78 is 25.7. The third-order valence-electron chi connectivity index (χ3n) is 7.23. The minimum atomic E-state index is -0.807. The van der Waals surface area contributed by atoms with E-state index >= 15 is 0 Å². The van der Waals surface area contributed by atoms with Gasteiger partial charge in [-0.3, -0.25) is 14.3 Å². The van der Waals surface area contributed by atoms with Crippen molar-refractivity contribution < 1.29 is 23.7 Å². The van der Waals surface area contributed by atoms with E-state index in [1.54, 1.807) is 13.4 Å². The van der Waals surface area contributed by atoms with Crippen LogP contribution >= 0.6 is 0 Å². The van der Waals surface area contributed by atoms with Crippen molar-refractivity contribution >= 4 is 23.0 Å². The highest BCUT2D eigenvalue weighted by atomic mass is 16.8. The third-order valence-corrected chi connectivity index (χ3v) is 7.23. The molecule has 1 aliphatic heterocycles. The Hall–Kier alpha value is -2.34. The van der Waals surface area contributed by atoms with Crippen LogP contribution in [0.15, 0.2) is 12.7 Å². The zero-order valence-corrected chi connectivity index (χ0v) is 22.2. The molecule has 0 bridgehead atoms. The average Bonchev–Trinajstić information content (AvgIpc) is 3.35. The Morgan fingerprint density at radius 3 is 2.69 bits per heavy atom. The summed E-state index contributed by atoms with van der Waals surface area (Å²) in [4.78, 5) is 27.1. The molecule has 0 aromatic carbocycles. The van der Waals surface area contributed by atoms with E-state index in [9.17, 15) is 4.79 Å². The molecule has 2 N–H and O–H groups in total. The standard InChI is InChI=1S/C25H40N6O5/c1-7-34-19(32)9-8-16-10-17(11-16)30(15(2)3)12-18(33-6)21-24(36-25(4,5)35-21)31-14-29-20-22(26)27-13-28-23(20)31/h13-18,21,24H,7-12H2,1-6H3,(H2,26,27,28)/t16-,17-,18-,21-,24-/m1/s1. The molecule has 3 atom stereocenters. The van der Waals surface area contributed by atoms with Crippen molar-refractivity contribution in [2.75, 3.05) is 26.0 Å². The van der Waals surface area contributed by atoms with Crippen molar-refractivity contribution in [1.29, 1.82) is 0 Å². The number of aromatic nitrogens is 4. The van der Waals surface area contributed by atoms with E-state index in [4.69, 9.17) is 24.7 Å². The second-order valence-electron chi connectivity index (χ2n) is 10.5. The van der Waals surface area contributed by atoms with Crippen LogP contribution in [0.2, 0.25) is 0 Å². The summed E-state index contributed by atoms with van der Waals surface area (Å²) in [5, 5.41) is 0. The van der Waals surface area contributed by atoms with Gasteiger partial charge < -0.3 is 24.7 Å². The molecule has 4 rings (SSSR count). The maximum Gasteiger partial charge on any atom is 0.305 e. The summed E-state index contributed by atoms with van der Waals surface area (Å²) in [7, 11) is 1.71. The minimum absolute atomic E-state index is 0.104. The van der Waals surface area contributed by atoms with Crippen LogP contribution in [-0.2, 0) is 23.7 Å². The number of anilines is 1. The zero-order chi connectivity index (χ0) is 26.0. The van der Waals surface area contributed by atoms with E-state index in [-0.39, 0.29) is 18.2 Å². The van der Waals surface area contributed by atoms with Gasteiger partial charge in [0, 0.05) is 32.2 Å². The van der Waals surface area contributed by atoms with Crippen molar-refractivity contribution in [2.24, 2.45) is 5.92 Å². The van der Waals surface area contributed by atoms with E-state index in [2.05, 4.69) is 33.7 Å². The van der Waals surface area contributed by atoms with Crippen LogP contribution < -0.4 is 5.73 Å². The van der Waals surface area contributed by atoms with Crippen molar-refractivity contribution in [1.82, 2.24) is 24.4 Å². The molecule has 2 aliphatic rings. The Morgan fingerprint density at radius 1 is 1.28 bits per heavy atom. The Kier molecular flexibility index (Phi) is 8.13. The molecular formula is C25H40N6O5. The number of carbonyl (C=O) groups is 1. The first-order valence-corrected chi connectivity index (χ1v) is 12.9. The second-order valence-corrected chi connectivity index (χ2v) is 10.5. The largest absolute Gasteiger partial charge is 0.466 e. The molecule has 1 aliphatic carbocycles. The van der Waals surface area contributed by atoms with Crippen LogP contribution in [0.1, 0.15) is 66.5 Å². The van der Waals surface area contributed by atoms with Gasteiger partial charge in [0.05, 0.1) is 12.9 Å². The topological polar surface area (TPSA) is 127 Å². The number of imidazole rings is 1. The van der Waals surface area contributed by atoms with Gasteiger partial charge in [0.25, 0.3) is 0 Å². The molecule has 11 heteroatoms. The second kappa shape index (κ2) is 11.0. The molecular weight excluding hydrogens is 464 g/mol. The van der Waals surface area contributed by atoms with Crippen LogP contribution in [0, 0.1) is 5.92 Å². The first-order valence-electron chi connectivity index (χ1n) is 12.9. The summed E-state index contributed by atoms with van der Waals surface area (Å²) in [6, 6.07) is 0.763. The number of nitrogens with zero attached hydrogens (tertiary/aromatic N) is 5. The fourth-order valence-corrected chi connectivity index (χ4v) is 5.37. The Bertz CT molecular complexity index is 1040. The average molecular weight is 505 g/mol. The van der Waals surface area contributed by atoms with Crippen LogP contribution in [0.25, 0.3) is 11.2 Å². The first-order chi connectivity index (χ1) is 17.1. The number of nitrogen functional groups attached to an aromatic ring is 1. The van der Waals surface area contributed by atoms with Gasteiger partial charge in [-0.2, -0.15) is 0 Å². The van der Waals surface area contributed by atoms with Gasteiger partial charge >= 0.3 is 5.97 Å². The Morgan fingerprint density at radius 2 is 2.03 bits per heavy atom. The fraction of sp³-hybridized carbons (Fsp3) is 0.760. The van der Waals surface area contributed by atoms with Crippen molar-refractivity contribution in [3.8, 4) is 0 Å². The molecule has 1 saturated carbocycles. The lowest BCUT2D eigenvalue weighted by Gasteiger charge is -2.46. The normalized spacial score (nSPS) is 26.4. The van der Waals surface area contributed by atoms with Gasteiger partial charge in [-0.1, -0.05) is 0 Å². The fourth-order valence-electron chi connectivity index (χ4n) is 5.37. The lowest BCUT2D eigenvalue weighted by molar-refractivity contribution is -0.163. The predicted molar refractivity (Wildman–Crippen MR) is 134 cm³/mol. The molecule has 0 unspecified atom stereocenters. The summed E-state index contributed by atoms with van der Waals surface area (Å²) >= 11 is 0. The maximum atomic E-state index is 11.7. The number of fused-ring (bicyclic) bond motifs is 1. The summed E-state index contributed by atoms with van der Waals surface area (Å²) in [5.74, 6) is -0.0437. The maximum absolute atomic E-state index is 11.7. The summed E-state index contributed by atoms with van der Waals surface area (Å²) in [6.07, 6.45) is 5.46. The SMILES string of the molecule is CCOC(=O)CC[C@H]1C[C@H](N(C[C@@H](OC)[C@H]2OC(C)(C)O[C@H]2n2cnc3c(N)ncnc32)C(C)C)C1. The van der Waals surface area contributed by atoms with Crippen LogP contribution in [0.4, 0.5) is 5.82 Å². The van der Waals surface area contributed by atoms with E-state index < -0.39 is 12.0 Å². The minimum Gasteiger partial charge on any atom is -0.466 e. The van der Waals surface area contributed by atoms with Crippen molar-refractivity contribution in [3.05, 3.63) is 12.7 Å². The number of esters is 1. The number of rotatable bonds is 11. The van der Waals surface area contributed by atoms with Gasteiger partial charge in [-0.15, -0.1) is 0 Å². The van der Waals surface area contributed by atoms with Crippen molar-refractivity contribution in [2.45, 2.75) is 96.6 Å². The highest BCUT2D eigenvalue weighted by Crippen LogP contribution is 2.40. The molecule has 1 saturated heterocycles. The smallest absolute Gasteiger partial charge is 0.305 e. The van der Waals surface area contributed by atoms with E-state index in [0.717, 1.165) is 19.3 Å². The number of ether oxygens (including phenoxy) is 4. The van der Waals surface area contributed by atoms with Crippen LogP contribution in [0.5, 0.6) is 0 Å². The van der Waals surface area contributed by atoms with Gasteiger partial charge in [-0.25, -0.2) is 15.0 Å². The lowest BCUT2D eigenvalue weighted by atomic mass is 9.76. The zero-order valence-electron chi connectivity index (χ0n) is 22.2. The molecule has 2 aromatic rings. The molecule has 2 aromatic heterocycles. The highest BCUT2D eigenvalue weighted by Gasteiger charge is 2.48. The van der Waals surface area contributed by atoms with E-state index in [0.29, 0.717) is 54.6 Å². The van der Waals surface area contributed by atoms with Gasteiger partial charge in [0.1, 0.15) is 24.1 Å². The molecule has 200 valence electrons. The quantitative estimate of drug-likeness (QED) is 0.456. The first kappa shape index (κ1) is 26.7. The molecule has 36 heavy (non-hydrogen) atoms. The van der Waals surface area contributed by atoms with Gasteiger partial charge in [0.2, 0.25) is 0 Å². The Balaban J connectivity index is 1.47. The summed E-state index contributed by atoms with van der Waals surface area (Å²) in [6.45, 7) is 11.2. The van der Waals surface area contributed by atoms with Crippen molar-refractivity contribution in [3.63, 3.8) is 0 Å². The molecule has 0 amide bonds.